The van der Waals surface area contributed by atoms with Crippen LogP contribution in [0.3, 0.4) is 0 Å². The molecular formula is C21H29N3O4. The fraction of sp³-hybridized carbons (Fsp3) is 0.571. The highest BCUT2D eigenvalue weighted by Gasteiger charge is 2.35. The minimum Gasteiger partial charge on any atom is -0.481 e. The van der Waals surface area contributed by atoms with Crippen molar-refractivity contribution in [1.82, 2.24) is 9.80 Å². The first-order chi connectivity index (χ1) is 13.5. The summed E-state index contributed by atoms with van der Waals surface area (Å²) in [6, 6.07) is 9.13. The highest BCUT2D eigenvalue weighted by atomic mass is 16.4. The molecule has 28 heavy (non-hydrogen) atoms. The van der Waals surface area contributed by atoms with Crippen molar-refractivity contribution < 1.29 is 19.5 Å². The van der Waals surface area contributed by atoms with E-state index >= 15 is 0 Å². The van der Waals surface area contributed by atoms with Crippen molar-refractivity contribution in [3.63, 3.8) is 0 Å². The lowest BCUT2D eigenvalue weighted by atomic mass is 9.92. The summed E-state index contributed by atoms with van der Waals surface area (Å²) in [5.74, 6) is -0.951. The highest BCUT2D eigenvalue weighted by molar-refractivity contribution is 5.90. The van der Waals surface area contributed by atoms with Crippen LogP contribution in [0.5, 0.6) is 0 Å². The number of benzene rings is 1. The molecule has 0 spiro atoms. The number of urea groups is 1. The third-order valence-electron chi connectivity index (χ3n) is 5.68. The van der Waals surface area contributed by atoms with Crippen molar-refractivity contribution in [3.05, 3.63) is 30.3 Å². The molecule has 7 nitrogen and oxygen atoms in total. The molecule has 2 aliphatic heterocycles. The van der Waals surface area contributed by atoms with Gasteiger partial charge in [0, 0.05) is 37.8 Å². The van der Waals surface area contributed by atoms with Crippen LogP contribution in [0.4, 0.5) is 10.5 Å². The number of carboxylic acids is 1. The Morgan fingerprint density at radius 1 is 1.04 bits per heavy atom. The van der Waals surface area contributed by atoms with Crippen LogP contribution in [-0.4, -0.2) is 58.5 Å². The van der Waals surface area contributed by atoms with E-state index in [4.69, 9.17) is 5.11 Å². The minimum absolute atomic E-state index is 0.00544. The van der Waals surface area contributed by atoms with Crippen LogP contribution in [0.15, 0.2) is 30.3 Å². The molecule has 3 amide bonds. The number of rotatable bonds is 5. The monoisotopic (exact) mass is 387 g/mol. The minimum atomic E-state index is -0.820. The van der Waals surface area contributed by atoms with Crippen molar-refractivity contribution in [3.8, 4) is 0 Å². The summed E-state index contributed by atoms with van der Waals surface area (Å²) in [6.07, 6.45) is 5.02. The molecule has 0 aromatic heterocycles. The molecule has 7 heteroatoms. The summed E-state index contributed by atoms with van der Waals surface area (Å²) in [5.41, 5.74) is 0.741. The zero-order valence-corrected chi connectivity index (χ0v) is 16.2. The van der Waals surface area contributed by atoms with E-state index in [-0.39, 0.29) is 30.3 Å². The number of hydrogen-bond donors (Lipinski definition) is 2. The van der Waals surface area contributed by atoms with Crippen molar-refractivity contribution >= 4 is 23.6 Å². The average Bonchev–Trinajstić information content (AvgIpc) is 2.72. The SMILES string of the molecule is O=C(O)CCC1CCCCN1C(=O)C1CCCN(C(=O)Nc2ccccc2)C1. The topological polar surface area (TPSA) is 90.0 Å². The maximum absolute atomic E-state index is 13.2. The van der Waals surface area contributed by atoms with Gasteiger partial charge in [0.25, 0.3) is 0 Å². The number of anilines is 1. The summed E-state index contributed by atoms with van der Waals surface area (Å²) in [5, 5.41) is 11.9. The average molecular weight is 387 g/mol. The Labute approximate surface area is 165 Å². The van der Waals surface area contributed by atoms with Gasteiger partial charge < -0.3 is 20.2 Å². The first-order valence-corrected chi connectivity index (χ1v) is 10.2. The van der Waals surface area contributed by atoms with E-state index in [1.54, 1.807) is 4.90 Å². The summed E-state index contributed by atoms with van der Waals surface area (Å²) in [4.78, 5) is 40.3. The van der Waals surface area contributed by atoms with E-state index in [1.807, 2.05) is 35.2 Å². The van der Waals surface area contributed by atoms with Gasteiger partial charge >= 0.3 is 12.0 Å². The van der Waals surface area contributed by atoms with Crippen LogP contribution in [0, 0.1) is 5.92 Å². The Bertz CT molecular complexity index is 694. The number of nitrogens with one attached hydrogen (secondary N) is 1. The number of carboxylic acid groups (broad SMARTS) is 1. The van der Waals surface area contributed by atoms with Gasteiger partial charge in [-0.05, 0) is 50.7 Å². The Kier molecular flexibility index (Phi) is 6.90. The van der Waals surface area contributed by atoms with Gasteiger partial charge in [0.1, 0.15) is 0 Å². The number of nitrogens with zero attached hydrogens (tertiary/aromatic N) is 2. The standard InChI is InChI=1S/C21H29N3O4/c25-19(26)12-11-18-10-4-5-14-24(18)20(27)16-7-6-13-23(15-16)21(28)22-17-8-2-1-3-9-17/h1-3,8-9,16,18H,4-7,10-15H2,(H,22,28)(H,25,26). The largest absolute Gasteiger partial charge is 0.481 e. The second-order valence-corrected chi connectivity index (χ2v) is 7.69. The fourth-order valence-electron chi connectivity index (χ4n) is 4.20. The summed E-state index contributed by atoms with van der Waals surface area (Å²) in [6.45, 7) is 1.75. The predicted octanol–water partition coefficient (Wildman–Crippen LogP) is 3.18. The molecule has 152 valence electrons. The molecule has 0 radical (unpaired) electrons. The molecular weight excluding hydrogens is 358 g/mol. The molecule has 2 heterocycles. The Morgan fingerprint density at radius 2 is 1.82 bits per heavy atom. The number of aliphatic carboxylic acids is 1. The normalized spacial score (nSPS) is 22.6. The lowest BCUT2D eigenvalue weighted by Crippen LogP contribution is -2.51. The van der Waals surface area contributed by atoms with Crippen LogP contribution in [-0.2, 0) is 9.59 Å². The van der Waals surface area contributed by atoms with Crippen molar-refractivity contribution in [2.45, 2.75) is 51.0 Å². The number of carbonyl (C=O) groups is 3. The molecule has 2 fully saturated rings. The first-order valence-electron chi connectivity index (χ1n) is 10.2. The first kappa shape index (κ1) is 20.2. The maximum atomic E-state index is 13.2. The lowest BCUT2D eigenvalue weighted by molar-refractivity contribution is -0.143. The van der Waals surface area contributed by atoms with Gasteiger partial charge in [-0.2, -0.15) is 0 Å². The van der Waals surface area contributed by atoms with Gasteiger partial charge in [0.15, 0.2) is 0 Å². The number of para-hydroxylation sites is 1. The van der Waals surface area contributed by atoms with Crippen molar-refractivity contribution in [2.75, 3.05) is 25.0 Å². The van der Waals surface area contributed by atoms with Crippen LogP contribution in [0.2, 0.25) is 0 Å². The smallest absolute Gasteiger partial charge is 0.321 e. The second-order valence-electron chi connectivity index (χ2n) is 7.69. The van der Waals surface area contributed by atoms with E-state index in [0.717, 1.165) is 37.8 Å². The molecule has 1 aromatic rings. The quantitative estimate of drug-likeness (QED) is 0.812. The van der Waals surface area contributed by atoms with E-state index < -0.39 is 5.97 Å². The van der Waals surface area contributed by atoms with Crippen LogP contribution in [0.1, 0.15) is 44.9 Å². The number of amides is 3. The Hall–Kier alpha value is -2.57. The van der Waals surface area contributed by atoms with E-state index in [9.17, 15) is 14.4 Å². The molecule has 2 N–H and O–H groups in total. The summed E-state index contributed by atoms with van der Waals surface area (Å²) >= 11 is 0. The molecule has 2 saturated heterocycles. The molecule has 0 bridgehead atoms. The van der Waals surface area contributed by atoms with Gasteiger partial charge in [-0.15, -0.1) is 0 Å². The number of carbonyl (C=O) groups excluding carboxylic acids is 2. The molecule has 0 saturated carbocycles. The lowest BCUT2D eigenvalue weighted by Gasteiger charge is -2.40. The van der Waals surface area contributed by atoms with Gasteiger partial charge in [0.05, 0.1) is 5.92 Å². The van der Waals surface area contributed by atoms with Gasteiger partial charge in [-0.1, -0.05) is 18.2 Å². The van der Waals surface area contributed by atoms with E-state index in [0.29, 0.717) is 26.1 Å². The maximum Gasteiger partial charge on any atom is 0.321 e. The number of likely N-dealkylation sites (tertiary alicyclic amines) is 2. The van der Waals surface area contributed by atoms with Crippen LogP contribution < -0.4 is 5.32 Å². The van der Waals surface area contributed by atoms with Crippen LogP contribution >= 0.6 is 0 Å². The van der Waals surface area contributed by atoms with Gasteiger partial charge in [-0.3, -0.25) is 9.59 Å². The van der Waals surface area contributed by atoms with Gasteiger partial charge in [0.2, 0.25) is 5.91 Å². The third-order valence-corrected chi connectivity index (χ3v) is 5.68. The Balaban J connectivity index is 1.59. The van der Waals surface area contributed by atoms with Crippen molar-refractivity contribution in [2.24, 2.45) is 5.92 Å². The summed E-state index contributed by atoms with van der Waals surface area (Å²) in [7, 11) is 0. The summed E-state index contributed by atoms with van der Waals surface area (Å²) < 4.78 is 0. The number of piperidine rings is 2. The molecule has 2 aliphatic rings. The van der Waals surface area contributed by atoms with Crippen molar-refractivity contribution in [1.29, 1.82) is 0 Å². The highest BCUT2D eigenvalue weighted by Crippen LogP contribution is 2.26. The molecule has 2 unspecified atom stereocenters. The number of hydrogen-bond acceptors (Lipinski definition) is 3. The third kappa shape index (κ3) is 5.24. The van der Waals surface area contributed by atoms with E-state index in [1.165, 1.54) is 0 Å². The zero-order valence-electron chi connectivity index (χ0n) is 16.2. The van der Waals surface area contributed by atoms with Gasteiger partial charge in [-0.25, -0.2) is 4.79 Å². The predicted molar refractivity (Wildman–Crippen MR) is 106 cm³/mol. The van der Waals surface area contributed by atoms with Crippen LogP contribution in [0.25, 0.3) is 0 Å². The fourth-order valence-corrected chi connectivity index (χ4v) is 4.20. The molecule has 1 aromatic carbocycles. The zero-order chi connectivity index (χ0) is 19.9. The molecule has 3 rings (SSSR count). The molecule has 2 atom stereocenters. The second kappa shape index (κ2) is 9.57. The molecule has 0 aliphatic carbocycles. The van der Waals surface area contributed by atoms with E-state index in [2.05, 4.69) is 5.32 Å². The Morgan fingerprint density at radius 3 is 2.57 bits per heavy atom.